The van der Waals surface area contributed by atoms with E-state index in [1.165, 1.54) is 6.07 Å². The van der Waals surface area contributed by atoms with E-state index in [-0.39, 0.29) is 23.2 Å². The van der Waals surface area contributed by atoms with E-state index in [2.05, 4.69) is 5.32 Å². The average Bonchev–Trinajstić information content (AvgIpc) is 2.90. The minimum atomic E-state index is -1.08. The molecule has 1 aliphatic heterocycles. The topological polar surface area (TPSA) is 89.9 Å². The van der Waals surface area contributed by atoms with Gasteiger partial charge in [0.2, 0.25) is 0 Å². The summed E-state index contributed by atoms with van der Waals surface area (Å²) in [5.74, 6) is -1.00. The summed E-state index contributed by atoms with van der Waals surface area (Å²) in [5, 5.41) is 21.4. The predicted octanol–water partition coefficient (Wildman–Crippen LogP) is 2.22. The molecular formula is C14H17IN2O4. The third-order valence-electron chi connectivity index (χ3n) is 3.65. The molecule has 1 aromatic carbocycles. The van der Waals surface area contributed by atoms with Crippen LogP contribution in [0.25, 0.3) is 0 Å². The second kappa shape index (κ2) is 6.61. The molecule has 0 aliphatic carbocycles. The minimum Gasteiger partial charge on any atom is -0.478 e. The minimum absolute atomic E-state index is 0.0709. The maximum Gasteiger partial charge on any atom is 0.337 e. The van der Waals surface area contributed by atoms with E-state index < -0.39 is 12.1 Å². The molecule has 7 heteroatoms. The van der Waals surface area contributed by atoms with E-state index in [0.29, 0.717) is 13.1 Å². The standard InChI is InChI=1S/C14H17IN2O4/c1-8(18)9-4-5-17(7-9)14(21)16-12-3-2-10(15)6-11(12)13(19)20/h2-3,6,8-9,18H,4-5,7H2,1H3,(H,16,21)(H,19,20). The number of hydrogen-bond donors (Lipinski definition) is 3. The first kappa shape index (κ1) is 16.0. The lowest BCUT2D eigenvalue weighted by Gasteiger charge is -2.19. The van der Waals surface area contributed by atoms with Gasteiger partial charge in [0.1, 0.15) is 0 Å². The number of urea groups is 1. The zero-order valence-electron chi connectivity index (χ0n) is 11.5. The van der Waals surface area contributed by atoms with Crippen LogP contribution in [0.5, 0.6) is 0 Å². The number of hydrogen-bond acceptors (Lipinski definition) is 3. The number of carboxylic acid groups (broad SMARTS) is 1. The number of benzene rings is 1. The maximum atomic E-state index is 12.2. The number of anilines is 1. The van der Waals surface area contributed by atoms with Crippen molar-refractivity contribution >= 4 is 40.3 Å². The highest BCUT2D eigenvalue weighted by atomic mass is 127. The summed E-state index contributed by atoms with van der Waals surface area (Å²) >= 11 is 2.02. The van der Waals surface area contributed by atoms with Gasteiger partial charge in [-0.3, -0.25) is 0 Å². The Balaban J connectivity index is 2.09. The molecule has 0 radical (unpaired) electrons. The van der Waals surface area contributed by atoms with Gasteiger partial charge in [0.15, 0.2) is 0 Å². The summed E-state index contributed by atoms with van der Waals surface area (Å²) in [6.07, 6.45) is 0.305. The fraction of sp³-hybridized carbons (Fsp3) is 0.429. The Hall–Kier alpha value is -1.35. The Bertz CT molecular complexity index is 562. The lowest BCUT2D eigenvalue weighted by Crippen LogP contribution is -2.34. The van der Waals surface area contributed by atoms with E-state index in [1.54, 1.807) is 24.0 Å². The molecule has 21 heavy (non-hydrogen) atoms. The maximum absolute atomic E-state index is 12.2. The van der Waals surface area contributed by atoms with E-state index in [0.717, 1.165) is 9.99 Å². The second-order valence-corrected chi connectivity index (χ2v) is 6.41. The molecule has 3 N–H and O–H groups in total. The summed E-state index contributed by atoms with van der Waals surface area (Å²) in [4.78, 5) is 25.0. The molecule has 6 nitrogen and oxygen atoms in total. The summed E-state index contributed by atoms with van der Waals surface area (Å²) in [6, 6.07) is 4.51. The van der Waals surface area contributed by atoms with Crippen molar-refractivity contribution in [2.45, 2.75) is 19.4 Å². The lowest BCUT2D eigenvalue weighted by atomic mass is 10.0. The fourth-order valence-corrected chi connectivity index (χ4v) is 2.85. The summed E-state index contributed by atoms with van der Waals surface area (Å²) in [7, 11) is 0. The number of aromatic carboxylic acids is 1. The van der Waals surface area contributed by atoms with Crippen LogP contribution in [-0.2, 0) is 0 Å². The molecule has 1 fully saturated rings. The highest BCUT2D eigenvalue weighted by molar-refractivity contribution is 14.1. The van der Waals surface area contributed by atoms with Gasteiger partial charge in [-0.05, 0) is 54.1 Å². The van der Waals surface area contributed by atoms with E-state index in [4.69, 9.17) is 0 Å². The highest BCUT2D eigenvalue weighted by Gasteiger charge is 2.29. The smallest absolute Gasteiger partial charge is 0.337 e. The van der Waals surface area contributed by atoms with Crippen LogP contribution in [0.1, 0.15) is 23.7 Å². The van der Waals surface area contributed by atoms with Crippen LogP contribution in [0.3, 0.4) is 0 Å². The number of carbonyl (C=O) groups excluding carboxylic acids is 1. The molecule has 2 unspecified atom stereocenters. The zero-order chi connectivity index (χ0) is 15.6. The van der Waals surface area contributed by atoms with Crippen LogP contribution in [0.2, 0.25) is 0 Å². The molecule has 0 bridgehead atoms. The van der Waals surface area contributed by atoms with Gasteiger partial charge in [0.05, 0.1) is 17.4 Å². The average molecular weight is 404 g/mol. The van der Waals surface area contributed by atoms with Gasteiger partial charge in [-0.2, -0.15) is 0 Å². The number of carboxylic acids is 1. The normalized spacial score (nSPS) is 19.4. The largest absolute Gasteiger partial charge is 0.478 e. The number of nitrogens with one attached hydrogen (secondary N) is 1. The van der Waals surface area contributed by atoms with Crippen molar-refractivity contribution in [2.75, 3.05) is 18.4 Å². The van der Waals surface area contributed by atoms with Crippen LogP contribution < -0.4 is 5.32 Å². The highest BCUT2D eigenvalue weighted by Crippen LogP contribution is 2.23. The van der Waals surface area contributed by atoms with Gasteiger partial charge in [0.25, 0.3) is 0 Å². The quantitative estimate of drug-likeness (QED) is 0.675. The molecular weight excluding hydrogens is 387 g/mol. The molecule has 2 amide bonds. The van der Waals surface area contributed by atoms with Crippen molar-refractivity contribution in [1.82, 2.24) is 4.90 Å². The van der Waals surface area contributed by atoms with E-state index in [1.807, 2.05) is 22.6 Å². The number of carbonyl (C=O) groups is 2. The molecule has 114 valence electrons. The Kier molecular flexibility index (Phi) is 5.04. The fourth-order valence-electron chi connectivity index (χ4n) is 2.36. The lowest BCUT2D eigenvalue weighted by molar-refractivity contribution is 0.0698. The van der Waals surface area contributed by atoms with Gasteiger partial charge in [-0.25, -0.2) is 9.59 Å². The molecule has 0 saturated carbocycles. The van der Waals surface area contributed by atoms with Crippen LogP contribution in [0, 0.1) is 9.49 Å². The first-order valence-corrected chi connectivity index (χ1v) is 7.73. The molecule has 1 aromatic rings. The number of amides is 2. The Morgan fingerprint density at radius 1 is 1.48 bits per heavy atom. The number of aliphatic hydroxyl groups is 1. The van der Waals surface area contributed by atoms with Crippen LogP contribution in [0.15, 0.2) is 18.2 Å². The van der Waals surface area contributed by atoms with Crippen molar-refractivity contribution < 1.29 is 19.8 Å². The number of rotatable bonds is 3. The van der Waals surface area contributed by atoms with Gasteiger partial charge in [-0.15, -0.1) is 0 Å². The van der Waals surface area contributed by atoms with Crippen LogP contribution in [-0.4, -0.2) is 46.3 Å². The number of halogens is 1. The Labute approximate surface area is 136 Å². The Morgan fingerprint density at radius 2 is 2.19 bits per heavy atom. The molecule has 1 saturated heterocycles. The first-order valence-electron chi connectivity index (χ1n) is 6.65. The number of likely N-dealkylation sites (tertiary alicyclic amines) is 1. The Morgan fingerprint density at radius 3 is 2.76 bits per heavy atom. The zero-order valence-corrected chi connectivity index (χ0v) is 13.7. The van der Waals surface area contributed by atoms with Gasteiger partial charge < -0.3 is 20.4 Å². The van der Waals surface area contributed by atoms with Crippen molar-refractivity contribution in [3.63, 3.8) is 0 Å². The van der Waals surface area contributed by atoms with Crippen molar-refractivity contribution in [3.8, 4) is 0 Å². The molecule has 2 rings (SSSR count). The third-order valence-corrected chi connectivity index (χ3v) is 4.32. The van der Waals surface area contributed by atoms with Gasteiger partial charge in [0, 0.05) is 22.6 Å². The molecule has 0 aromatic heterocycles. The van der Waals surface area contributed by atoms with Crippen molar-refractivity contribution in [2.24, 2.45) is 5.92 Å². The van der Waals surface area contributed by atoms with Crippen molar-refractivity contribution in [1.29, 1.82) is 0 Å². The van der Waals surface area contributed by atoms with E-state index >= 15 is 0 Å². The summed E-state index contributed by atoms with van der Waals surface area (Å²) in [6.45, 7) is 2.76. The summed E-state index contributed by atoms with van der Waals surface area (Å²) < 4.78 is 0.790. The molecule has 2 atom stereocenters. The second-order valence-electron chi connectivity index (χ2n) is 5.16. The monoisotopic (exact) mass is 404 g/mol. The van der Waals surface area contributed by atoms with Gasteiger partial charge >= 0.3 is 12.0 Å². The third kappa shape index (κ3) is 3.85. The first-order chi connectivity index (χ1) is 9.88. The van der Waals surface area contributed by atoms with E-state index in [9.17, 15) is 19.8 Å². The molecule has 1 heterocycles. The van der Waals surface area contributed by atoms with Crippen LogP contribution in [0.4, 0.5) is 10.5 Å². The predicted molar refractivity (Wildman–Crippen MR) is 86.5 cm³/mol. The van der Waals surface area contributed by atoms with Crippen LogP contribution >= 0.6 is 22.6 Å². The van der Waals surface area contributed by atoms with Gasteiger partial charge in [-0.1, -0.05) is 0 Å². The SMILES string of the molecule is CC(O)C1CCN(C(=O)Nc2ccc(I)cc2C(=O)O)C1. The number of aliphatic hydroxyl groups excluding tert-OH is 1. The molecule has 0 spiro atoms. The molecule has 1 aliphatic rings. The number of nitrogens with zero attached hydrogens (tertiary/aromatic N) is 1. The van der Waals surface area contributed by atoms with Crippen molar-refractivity contribution in [3.05, 3.63) is 27.3 Å². The summed E-state index contributed by atoms with van der Waals surface area (Å²) in [5.41, 5.74) is 0.356.